The van der Waals surface area contributed by atoms with Crippen LogP contribution < -0.4 is 14.8 Å². The predicted molar refractivity (Wildman–Crippen MR) is 134 cm³/mol. The summed E-state index contributed by atoms with van der Waals surface area (Å²) in [5.41, 5.74) is 3.07. The molecule has 5 rings (SSSR count). The molecule has 1 fully saturated rings. The molecule has 1 aliphatic heterocycles. The van der Waals surface area contributed by atoms with Crippen LogP contribution in [0.4, 0.5) is 11.6 Å². The van der Waals surface area contributed by atoms with Gasteiger partial charge < -0.3 is 19.8 Å². The molecule has 2 N–H and O–H groups in total. The second-order valence-corrected chi connectivity index (χ2v) is 9.20. The lowest BCUT2D eigenvalue weighted by Gasteiger charge is -2.25. The molecule has 7 nitrogen and oxygen atoms in total. The molecule has 8 heteroatoms. The second-order valence-electron chi connectivity index (χ2n) is 7.98. The first-order valence-corrected chi connectivity index (χ1v) is 12.3. The molecule has 0 unspecified atom stereocenters. The molecular weight excluding hydrogens is 434 g/mol. The van der Waals surface area contributed by atoms with Crippen molar-refractivity contribution >= 4 is 34.3 Å². The zero-order chi connectivity index (χ0) is 22.5. The fourth-order valence-electron chi connectivity index (χ4n) is 3.81. The van der Waals surface area contributed by atoms with Gasteiger partial charge in [-0.1, -0.05) is 6.07 Å². The first-order valence-electron chi connectivity index (χ1n) is 11.1. The van der Waals surface area contributed by atoms with E-state index in [0.717, 1.165) is 53.4 Å². The Hall–Kier alpha value is -3.23. The molecule has 33 heavy (non-hydrogen) atoms. The Balaban J connectivity index is 1.20. The Labute approximate surface area is 197 Å². The molecule has 1 saturated heterocycles. The summed E-state index contributed by atoms with van der Waals surface area (Å²) in [5, 5.41) is 4.35. The number of aromatic nitrogens is 3. The smallest absolute Gasteiger partial charge is 0.230 e. The van der Waals surface area contributed by atoms with E-state index in [4.69, 9.17) is 9.47 Å². The van der Waals surface area contributed by atoms with Crippen molar-refractivity contribution in [2.24, 2.45) is 0 Å². The molecule has 0 aliphatic carbocycles. The van der Waals surface area contributed by atoms with Gasteiger partial charge in [0.05, 0.1) is 0 Å². The highest BCUT2D eigenvalue weighted by molar-refractivity contribution is 7.99. The summed E-state index contributed by atoms with van der Waals surface area (Å²) in [6.45, 7) is 5.96. The van der Waals surface area contributed by atoms with Crippen LogP contribution in [0, 0.1) is 6.92 Å². The first kappa shape index (κ1) is 21.6. The minimum absolute atomic E-state index is 0.467. The Morgan fingerprint density at radius 1 is 1.06 bits per heavy atom. The molecule has 4 aromatic rings. The van der Waals surface area contributed by atoms with Crippen molar-refractivity contribution in [3.05, 3.63) is 66.5 Å². The van der Waals surface area contributed by atoms with Crippen molar-refractivity contribution in [3.63, 3.8) is 0 Å². The maximum absolute atomic E-state index is 5.97. The summed E-state index contributed by atoms with van der Waals surface area (Å²) in [5.74, 6) is 4.92. The Morgan fingerprint density at radius 2 is 1.97 bits per heavy atom. The molecule has 1 aliphatic rings. The Morgan fingerprint density at radius 3 is 2.88 bits per heavy atom. The number of fused-ring (bicyclic) bond motifs is 1. The van der Waals surface area contributed by atoms with Crippen molar-refractivity contribution in [3.8, 4) is 17.4 Å². The number of nitrogens with zero attached hydrogens (tertiary/aromatic N) is 3. The number of aryl methyl sites for hydroxylation is 1. The highest BCUT2D eigenvalue weighted by atomic mass is 32.2. The zero-order valence-electron chi connectivity index (χ0n) is 18.6. The van der Waals surface area contributed by atoms with Gasteiger partial charge in [-0.15, -0.1) is 0 Å². The van der Waals surface area contributed by atoms with E-state index in [1.807, 2.05) is 61.2 Å². The Bertz CT molecular complexity index is 1220. The molecule has 170 valence electrons. The van der Waals surface area contributed by atoms with Gasteiger partial charge in [-0.3, -0.25) is 4.90 Å². The van der Waals surface area contributed by atoms with Crippen LogP contribution in [0.15, 0.2) is 60.8 Å². The lowest BCUT2D eigenvalue weighted by atomic mass is 10.2. The number of benzene rings is 2. The second kappa shape index (κ2) is 10.1. The highest BCUT2D eigenvalue weighted by Crippen LogP contribution is 2.26. The van der Waals surface area contributed by atoms with Gasteiger partial charge in [-0.25, -0.2) is 4.98 Å². The number of hydrogen-bond acceptors (Lipinski definition) is 7. The average Bonchev–Trinajstić information content (AvgIpc) is 3.20. The predicted octanol–water partition coefficient (Wildman–Crippen LogP) is 5.23. The van der Waals surface area contributed by atoms with E-state index in [2.05, 4.69) is 31.2 Å². The van der Waals surface area contributed by atoms with E-state index >= 15 is 0 Å². The number of ether oxygens (including phenoxy) is 2. The van der Waals surface area contributed by atoms with Crippen LogP contribution >= 0.6 is 11.8 Å². The zero-order valence-corrected chi connectivity index (χ0v) is 19.4. The van der Waals surface area contributed by atoms with Crippen LogP contribution in [0.2, 0.25) is 0 Å². The van der Waals surface area contributed by atoms with Gasteiger partial charge in [0.2, 0.25) is 11.8 Å². The minimum atomic E-state index is 0.467. The van der Waals surface area contributed by atoms with E-state index < -0.39 is 0 Å². The quantitative estimate of drug-likeness (QED) is 0.372. The Kier molecular flexibility index (Phi) is 6.64. The number of nitrogens with one attached hydrogen (secondary N) is 2. The fraction of sp³-hybridized carbons (Fsp3) is 0.280. The first-order chi connectivity index (χ1) is 16.2. The SMILES string of the molecule is Cc1cc2cc(Oc3ccnc(Nc4cccc(OCCN5CCSCC5)c4)n3)ccc2[nH]1. The number of hydrogen-bond donors (Lipinski definition) is 2. The van der Waals surface area contributed by atoms with Crippen LogP contribution in [0.5, 0.6) is 17.4 Å². The summed E-state index contributed by atoms with van der Waals surface area (Å²) in [6.07, 6.45) is 1.68. The van der Waals surface area contributed by atoms with Crippen molar-refractivity contribution in [2.75, 3.05) is 43.1 Å². The molecule has 2 aromatic carbocycles. The monoisotopic (exact) mass is 461 g/mol. The third kappa shape index (κ3) is 5.77. The van der Waals surface area contributed by atoms with Crippen molar-refractivity contribution in [2.45, 2.75) is 6.92 Å². The van der Waals surface area contributed by atoms with Gasteiger partial charge in [0.25, 0.3) is 0 Å². The normalized spacial score (nSPS) is 14.3. The van der Waals surface area contributed by atoms with E-state index in [1.54, 1.807) is 12.3 Å². The molecule has 3 heterocycles. The molecule has 0 radical (unpaired) electrons. The molecule has 0 bridgehead atoms. The molecular formula is C25H27N5O2S. The molecule has 0 saturated carbocycles. The average molecular weight is 462 g/mol. The van der Waals surface area contributed by atoms with Crippen LogP contribution in [-0.4, -0.2) is 57.6 Å². The number of H-pyrrole nitrogens is 1. The summed E-state index contributed by atoms with van der Waals surface area (Å²) in [7, 11) is 0. The van der Waals surface area contributed by atoms with Gasteiger partial charge in [-0.05, 0) is 43.3 Å². The summed E-state index contributed by atoms with van der Waals surface area (Å²) in [6, 6.07) is 17.6. The minimum Gasteiger partial charge on any atom is -0.492 e. The molecule has 0 atom stereocenters. The van der Waals surface area contributed by atoms with E-state index in [1.165, 1.54) is 11.5 Å². The van der Waals surface area contributed by atoms with Gasteiger partial charge >= 0.3 is 0 Å². The van der Waals surface area contributed by atoms with Crippen molar-refractivity contribution in [1.82, 2.24) is 19.9 Å². The van der Waals surface area contributed by atoms with Gasteiger partial charge in [-0.2, -0.15) is 16.7 Å². The van der Waals surface area contributed by atoms with Crippen LogP contribution in [0.1, 0.15) is 5.69 Å². The summed E-state index contributed by atoms with van der Waals surface area (Å²) in [4.78, 5) is 14.6. The maximum atomic E-state index is 5.97. The molecule has 0 amide bonds. The van der Waals surface area contributed by atoms with Gasteiger partial charge in [0.1, 0.15) is 18.1 Å². The molecule has 2 aromatic heterocycles. The number of thioether (sulfide) groups is 1. The standard InChI is InChI=1S/C25H27N5O2S/c1-18-15-19-16-22(5-6-23(19)27-18)32-24-7-8-26-25(29-24)28-20-3-2-4-21(17-20)31-12-9-30-10-13-33-14-11-30/h2-8,15-17,27H,9-14H2,1H3,(H,26,28,29). The van der Waals surface area contributed by atoms with Gasteiger partial charge in [0.15, 0.2) is 0 Å². The van der Waals surface area contributed by atoms with Crippen LogP contribution in [0.3, 0.4) is 0 Å². The number of aromatic amines is 1. The maximum Gasteiger partial charge on any atom is 0.230 e. The topological polar surface area (TPSA) is 75.3 Å². The van der Waals surface area contributed by atoms with E-state index in [9.17, 15) is 0 Å². The lowest BCUT2D eigenvalue weighted by molar-refractivity contribution is 0.222. The lowest BCUT2D eigenvalue weighted by Crippen LogP contribution is -2.35. The number of rotatable bonds is 8. The summed E-state index contributed by atoms with van der Waals surface area (Å²) >= 11 is 2.02. The van der Waals surface area contributed by atoms with Crippen molar-refractivity contribution < 1.29 is 9.47 Å². The van der Waals surface area contributed by atoms with E-state index in [-0.39, 0.29) is 0 Å². The third-order valence-electron chi connectivity index (χ3n) is 5.45. The van der Waals surface area contributed by atoms with E-state index in [0.29, 0.717) is 18.4 Å². The number of anilines is 2. The highest BCUT2D eigenvalue weighted by Gasteiger charge is 2.10. The third-order valence-corrected chi connectivity index (χ3v) is 6.39. The van der Waals surface area contributed by atoms with Crippen LogP contribution in [-0.2, 0) is 0 Å². The largest absolute Gasteiger partial charge is 0.492 e. The summed E-state index contributed by atoms with van der Waals surface area (Å²) < 4.78 is 11.9. The van der Waals surface area contributed by atoms with Gasteiger partial charge in [0, 0.05) is 71.8 Å². The van der Waals surface area contributed by atoms with Crippen molar-refractivity contribution in [1.29, 1.82) is 0 Å². The fourth-order valence-corrected chi connectivity index (χ4v) is 4.79. The molecule has 0 spiro atoms. The van der Waals surface area contributed by atoms with Crippen LogP contribution in [0.25, 0.3) is 10.9 Å².